The average molecular weight is 379 g/mol. The molecule has 2 amide bonds. The summed E-state index contributed by atoms with van der Waals surface area (Å²) in [6.07, 6.45) is 1.51. The summed E-state index contributed by atoms with van der Waals surface area (Å²) in [4.78, 5) is 43.1. The number of aromatic nitrogens is 2. The van der Waals surface area contributed by atoms with Crippen molar-refractivity contribution in [3.63, 3.8) is 0 Å². The number of benzene rings is 2. The van der Waals surface area contributed by atoms with Crippen LogP contribution in [0.4, 0.5) is 5.69 Å². The van der Waals surface area contributed by atoms with E-state index in [1.54, 1.807) is 12.1 Å². The molecule has 0 spiro atoms. The highest BCUT2D eigenvalue weighted by Gasteiger charge is 2.20. The molecule has 0 saturated heterocycles. The summed E-state index contributed by atoms with van der Waals surface area (Å²) in [5, 5.41) is 13.4. The molecule has 3 N–H and O–H groups in total. The first-order valence-corrected chi connectivity index (χ1v) is 8.45. The standard InChI is InChI=1S/C19H17N5O4/c20-19(26)17(10-13-11-21-15-6-1-2-7-16(15)22-13)23-18(25)9-12-4-3-5-14(8-12)24(27)28/h1-8,11,17H,9-10H2,(H2,20,26)(H,23,25)/t17-/m1/s1. The second kappa shape index (κ2) is 8.21. The first kappa shape index (κ1) is 18.9. The third-order valence-electron chi connectivity index (χ3n) is 4.08. The molecule has 0 aliphatic heterocycles. The summed E-state index contributed by atoms with van der Waals surface area (Å²) >= 11 is 0. The first-order valence-electron chi connectivity index (χ1n) is 8.45. The summed E-state index contributed by atoms with van der Waals surface area (Å²) in [6.45, 7) is 0. The SMILES string of the molecule is NC(=O)[C@@H](Cc1cnc2ccccc2n1)NC(=O)Cc1cccc([N+](=O)[O-])c1. The van der Waals surface area contributed by atoms with Crippen molar-refractivity contribution >= 4 is 28.5 Å². The highest BCUT2D eigenvalue weighted by molar-refractivity contribution is 5.87. The van der Waals surface area contributed by atoms with E-state index in [2.05, 4.69) is 15.3 Å². The van der Waals surface area contributed by atoms with E-state index in [4.69, 9.17) is 5.73 Å². The molecule has 0 radical (unpaired) electrons. The van der Waals surface area contributed by atoms with Crippen molar-refractivity contribution in [1.29, 1.82) is 0 Å². The number of primary amides is 1. The minimum Gasteiger partial charge on any atom is -0.368 e. The Morgan fingerprint density at radius 2 is 1.89 bits per heavy atom. The average Bonchev–Trinajstić information content (AvgIpc) is 2.67. The summed E-state index contributed by atoms with van der Waals surface area (Å²) in [5.74, 6) is -1.18. The van der Waals surface area contributed by atoms with E-state index in [0.29, 0.717) is 16.8 Å². The maximum Gasteiger partial charge on any atom is 0.269 e. The van der Waals surface area contributed by atoms with Crippen LogP contribution in [0.25, 0.3) is 11.0 Å². The number of carbonyl (C=O) groups excluding carboxylic acids is 2. The van der Waals surface area contributed by atoms with Gasteiger partial charge in [0.25, 0.3) is 5.69 Å². The maximum absolute atomic E-state index is 12.3. The molecule has 0 unspecified atom stereocenters. The molecule has 0 saturated carbocycles. The number of rotatable bonds is 7. The molecule has 9 nitrogen and oxygen atoms in total. The molecule has 142 valence electrons. The third-order valence-corrected chi connectivity index (χ3v) is 4.08. The summed E-state index contributed by atoms with van der Waals surface area (Å²) in [5.41, 5.74) is 7.67. The zero-order valence-corrected chi connectivity index (χ0v) is 14.7. The van der Waals surface area contributed by atoms with Crippen LogP contribution in [0.5, 0.6) is 0 Å². The Bertz CT molecular complexity index is 1050. The van der Waals surface area contributed by atoms with Crippen molar-refractivity contribution in [1.82, 2.24) is 15.3 Å². The van der Waals surface area contributed by atoms with Gasteiger partial charge in [0.2, 0.25) is 11.8 Å². The molecule has 1 atom stereocenters. The Morgan fingerprint density at radius 1 is 1.14 bits per heavy atom. The van der Waals surface area contributed by atoms with Crippen LogP contribution in [0.1, 0.15) is 11.3 Å². The number of nitro groups is 1. The van der Waals surface area contributed by atoms with Gasteiger partial charge in [-0.2, -0.15) is 0 Å². The third kappa shape index (κ3) is 4.64. The van der Waals surface area contributed by atoms with Crippen LogP contribution in [0.2, 0.25) is 0 Å². The topological polar surface area (TPSA) is 141 Å². The molecule has 0 aliphatic rings. The van der Waals surface area contributed by atoms with Gasteiger partial charge in [-0.3, -0.25) is 24.7 Å². The Morgan fingerprint density at radius 3 is 2.61 bits per heavy atom. The van der Waals surface area contributed by atoms with Crippen LogP contribution in [-0.2, 0) is 22.4 Å². The van der Waals surface area contributed by atoms with Gasteiger partial charge in [0.05, 0.1) is 28.1 Å². The van der Waals surface area contributed by atoms with E-state index in [0.717, 1.165) is 5.52 Å². The number of nitrogens with one attached hydrogen (secondary N) is 1. The van der Waals surface area contributed by atoms with Gasteiger partial charge in [0.15, 0.2) is 0 Å². The lowest BCUT2D eigenvalue weighted by Crippen LogP contribution is -2.46. The Hall–Kier alpha value is -3.88. The number of nitrogens with two attached hydrogens (primary N) is 1. The van der Waals surface area contributed by atoms with Crippen LogP contribution in [0.3, 0.4) is 0 Å². The lowest BCUT2D eigenvalue weighted by atomic mass is 10.1. The zero-order chi connectivity index (χ0) is 20.1. The second-order valence-electron chi connectivity index (χ2n) is 6.18. The van der Waals surface area contributed by atoms with Gasteiger partial charge in [0.1, 0.15) is 6.04 Å². The fraction of sp³-hybridized carbons (Fsp3) is 0.158. The van der Waals surface area contributed by atoms with Crippen molar-refractivity contribution in [2.75, 3.05) is 0 Å². The molecule has 0 fully saturated rings. The molecule has 28 heavy (non-hydrogen) atoms. The van der Waals surface area contributed by atoms with E-state index in [-0.39, 0.29) is 18.5 Å². The van der Waals surface area contributed by atoms with Crippen LogP contribution >= 0.6 is 0 Å². The second-order valence-corrected chi connectivity index (χ2v) is 6.18. The molecule has 0 bridgehead atoms. The highest BCUT2D eigenvalue weighted by atomic mass is 16.6. The van der Waals surface area contributed by atoms with Crippen LogP contribution in [-0.4, -0.2) is 32.7 Å². The van der Waals surface area contributed by atoms with Gasteiger partial charge in [-0.1, -0.05) is 24.3 Å². The van der Waals surface area contributed by atoms with E-state index in [9.17, 15) is 19.7 Å². The van der Waals surface area contributed by atoms with Gasteiger partial charge in [-0.05, 0) is 17.7 Å². The number of carbonyl (C=O) groups is 2. The van der Waals surface area contributed by atoms with Crippen molar-refractivity contribution in [2.24, 2.45) is 5.73 Å². The fourth-order valence-electron chi connectivity index (χ4n) is 2.74. The van der Waals surface area contributed by atoms with Crippen molar-refractivity contribution in [3.05, 3.63) is 76.1 Å². The van der Waals surface area contributed by atoms with Crippen LogP contribution in [0.15, 0.2) is 54.7 Å². The molecule has 3 aromatic rings. The molecular formula is C19H17N5O4. The monoisotopic (exact) mass is 379 g/mol. The minimum atomic E-state index is -0.971. The number of non-ortho nitro benzene ring substituents is 1. The highest BCUT2D eigenvalue weighted by Crippen LogP contribution is 2.14. The smallest absolute Gasteiger partial charge is 0.269 e. The molecular weight excluding hydrogens is 362 g/mol. The van der Waals surface area contributed by atoms with Gasteiger partial charge in [0, 0.05) is 24.8 Å². The molecule has 9 heteroatoms. The predicted octanol–water partition coefficient (Wildman–Crippen LogP) is 1.29. The Labute approximate surface area is 159 Å². The van der Waals surface area contributed by atoms with Gasteiger partial charge in [-0.15, -0.1) is 0 Å². The molecule has 1 aromatic heterocycles. The zero-order valence-electron chi connectivity index (χ0n) is 14.7. The number of hydrogen-bond donors (Lipinski definition) is 2. The van der Waals surface area contributed by atoms with Crippen molar-refractivity contribution in [2.45, 2.75) is 18.9 Å². The maximum atomic E-state index is 12.3. The molecule has 2 aromatic carbocycles. The Kier molecular flexibility index (Phi) is 5.54. The number of nitro benzene ring substituents is 1. The van der Waals surface area contributed by atoms with E-state index < -0.39 is 22.8 Å². The van der Waals surface area contributed by atoms with Gasteiger partial charge < -0.3 is 11.1 Å². The Balaban J connectivity index is 1.69. The molecule has 0 aliphatic carbocycles. The number of nitrogens with zero attached hydrogens (tertiary/aromatic N) is 3. The summed E-state index contributed by atoms with van der Waals surface area (Å²) in [6, 6.07) is 12.1. The van der Waals surface area contributed by atoms with Gasteiger partial charge >= 0.3 is 0 Å². The number of para-hydroxylation sites is 2. The number of hydrogen-bond acceptors (Lipinski definition) is 6. The summed E-state index contributed by atoms with van der Waals surface area (Å²) < 4.78 is 0. The normalized spacial score (nSPS) is 11.7. The molecule has 1 heterocycles. The first-order chi connectivity index (χ1) is 13.4. The quantitative estimate of drug-likeness (QED) is 0.468. The summed E-state index contributed by atoms with van der Waals surface area (Å²) in [7, 11) is 0. The lowest BCUT2D eigenvalue weighted by Gasteiger charge is -2.15. The number of fused-ring (bicyclic) bond motifs is 1. The number of amides is 2. The van der Waals surface area contributed by atoms with Crippen molar-refractivity contribution in [3.8, 4) is 0 Å². The van der Waals surface area contributed by atoms with Crippen LogP contribution in [0, 0.1) is 10.1 Å². The van der Waals surface area contributed by atoms with E-state index in [1.165, 1.54) is 24.4 Å². The van der Waals surface area contributed by atoms with Crippen LogP contribution < -0.4 is 11.1 Å². The van der Waals surface area contributed by atoms with E-state index >= 15 is 0 Å². The van der Waals surface area contributed by atoms with E-state index in [1.807, 2.05) is 18.2 Å². The lowest BCUT2D eigenvalue weighted by molar-refractivity contribution is -0.384. The minimum absolute atomic E-state index is 0.0911. The largest absolute Gasteiger partial charge is 0.368 e. The van der Waals surface area contributed by atoms with Gasteiger partial charge in [-0.25, -0.2) is 4.98 Å². The molecule has 3 rings (SSSR count). The fourth-order valence-corrected chi connectivity index (χ4v) is 2.74. The predicted molar refractivity (Wildman–Crippen MR) is 101 cm³/mol. The van der Waals surface area contributed by atoms with Crippen molar-refractivity contribution < 1.29 is 14.5 Å².